The van der Waals surface area contributed by atoms with Gasteiger partial charge in [-0.1, -0.05) is 45.2 Å². The van der Waals surface area contributed by atoms with Gasteiger partial charge >= 0.3 is 5.97 Å². The van der Waals surface area contributed by atoms with E-state index in [1.54, 1.807) is 20.3 Å². The maximum Gasteiger partial charge on any atom is 0.307 e. The van der Waals surface area contributed by atoms with E-state index in [0.717, 1.165) is 28.6 Å². The number of methoxy groups -OCH3 is 2. The molecule has 0 spiro atoms. The Morgan fingerprint density at radius 2 is 1.86 bits per heavy atom. The fourth-order valence-electron chi connectivity index (χ4n) is 3.79. The summed E-state index contributed by atoms with van der Waals surface area (Å²) in [5, 5.41) is 10.5. The van der Waals surface area contributed by atoms with Gasteiger partial charge < -0.3 is 14.6 Å². The summed E-state index contributed by atoms with van der Waals surface area (Å²) in [7, 11) is 3.17. The van der Waals surface area contributed by atoms with Crippen LogP contribution in [0, 0.1) is 5.92 Å². The van der Waals surface area contributed by atoms with Crippen molar-refractivity contribution in [2.45, 2.75) is 18.9 Å². The van der Waals surface area contributed by atoms with Crippen LogP contribution in [0.15, 0.2) is 34.8 Å². The molecule has 1 aliphatic heterocycles. The molecule has 2 aromatic carbocycles. The number of nitrogens with zero attached hydrogens (tertiary/aromatic N) is 1. The Balaban J connectivity index is 2.13. The van der Waals surface area contributed by atoms with E-state index < -0.39 is 11.9 Å². The van der Waals surface area contributed by atoms with Crippen LogP contribution in [0.4, 0.5) is 0 Å². The third kappa shape index (κ3) is 4.82. The molecule has 8 heteroatoms. The van der Waals surface area contributed by atoms with E-state index in [4.69, 9.17) is 32.7 Å². The van der Waals surface area contributed by atoms with Crippen molar-refractivity contribution in [2.75, 3.05) is 27.3 Å². The van der Waals surface area contributed by atoms with E-state index in [9.17, 15) is 9.90 Å². The van der Waals surface area contributed by atoms with Crippen molar-refractivity contribution in [1.29, 1.82) is 0 Å². The molecule has 2 aromatic rings. The maximum absolute atomic E-state index is 11.6. The summed E-state index contributed by atoms with van der Waals surface area (Å²) in [6.07, 6.45) is 1.48. The molecule has 1 saturated heterocycles. The van der Waals surface area contributed by atoms with Gasteiger partial charge in [-0.25, -0.2) is 0 Å². The highest BCUT2D eigenvalue weighted by molar-refractivity contribution is 9.10. The van der Waals surface area contributed by atoms with Crippen molar-refractivity contribution in [2.24, 2.45) is 5.92 Å². The molecular formula is C21H22BrCl2NO4. The number of aliphatic carboxylic acids is 1. The molecule has 1 N–H and O–H groups in total. The second kappa shape index (κ2) is 9.56. The Morgan fingerprint density at radius 3 is 2.48 bits per heavy atom. The summed E-state index contributed by atoms with van der Waals surface area (Å²) in [6.45, 7) is 1.22. The third-order valence-electron chi connectivity index (χ3n) is 5.22. The van der Waals surface area contributed by atoms with Gasteiger partial charge in [-0.3, -0.25) is 9.69 Å². The van der Waals surface area contributed by atoms with Crippen LogP contribution >= 0.6 is 39.1 Å². The van der Waals surface area contributed by atoms with Crippen LogP contribution in [0.5, 0.6) is 11.5 Å². The minimum Gasteiger partial charge on any atom is -0.493 e. The average Bonchev–Trinajstić information content (AvgIpc) is 2.71. The van der Waals surface area contributed by atoms with Gasteiger partial charge in [-0.2, -0.15) is 0 Å². The Kier molecular flexibility index (Phi) is 7.32. The number of ether oxygens (including phenoxy) is 2. The van der Waals surface area contributed by atoms with Crippen molar-refractivity contribution in [3.63, 3.8) is 0 Å². The van der Waals surface area contributed by atoms with Gasteiger partial charge in [0.1, 0.15) is 0 Å². The average molecular weight is 503 g/mol. The van der Waals surface area contributed by atoms with Gasteiger partial charge in [0.25, 0.3) is 0 Å². The number of carboxylic acid groups (broad SMARTS) is 1. The van der Waals surface area contributed by atoms with Gasteiger partial charge in [0.2, 0.25) is 0 Å². The zero-order valence-corrected chi connectivity index (χ0v) is 19.2. The summed E-state index contributed by atoms with van der Waals surface area (Å²) in [5.41, 5.74) is 1.87. The van der Waals surface area contributed by atoms with Crippen LogP contribution in [0.2, 0.25) is 10.0 Å². The maximum atomic E-state index is 11.6. The fourth-order valence-corrected chi connectivity index (χ4v) is 4.64. The number of likely N-dealkylation sites (tertiary alicyclic amines) is 1. The number of carboxylic acids is 1. The van der Waals surface area contributed by atoms with Crippen molar-refractivity contribution in [3.8, 4) is 11.5 Å². The summed E-state index contributed by atoms with van der Waals surface area (Å²) < 4.78 is 11.7. The summed E-state index contributed by atoms with van der Waals surface area (Å²) in [4.78, 5) is 13.8. The smallest absolute Gasteiger partial charge is 0.307 e. The van der Waals surface area contributed by atoms with Gasteiger partial charge in [-0.05, 0) is 54.8 Å². The second-order valence-corrected chi connectivity index (χ2v) is 8.65. The molecule has 3 rings (SSSR count). The number of benzene rings is 2. The first kappa shape index (κ1) is 22.2. The Morgan fingerprint density at radius 1 is 1.17 bits per heavy atom. The standard InChI is InChI=1S/C21H22BrCl2NO4/c1-28-18-9-14(15(22)10-19(18)29-2)20(12-5-6-16(23)17(24)8-12)25-7-3-4-13(11-25)21(26)27/h5-6,8-10,13,20H,3-4,7,11H2,1-2H3,(H,26,27). The minimum absolute atomic E-state index is 0.221. The fraction of sp³-hybridized carbons (Fsp3) is 0.381. The van der Waals surface area contributed by atoms with E-state index in [1.807, 2.05) is 24.3 Å². The van der Waals surface area contributed by atoms with Gasteiger partial charge in [0, 0.05) is 11.0 Å². The lowest BCUT2D eigenvalue weighted by Crippen LogP contribution is -2.41. The molecule has 0 aromatic heterocycles. The van der Waals surface area contributed by atoms with E-state index in [2.05, 4.69) is 20.8 Å². The molecule has 1 fully saturated rings. The quantitative estimate of drug-likeness (QED) is 0.552. The van der Waals surface area contributed by atoms with Crippen LogP contribution in [0.25, 0.3) is 0 Å². The first-order chi connectivity index (χ1) is 13.8. The van der Waals surface area contributed by atoms with Crippen LogP contribution in [0.3, 0.4) is 0 Å². The zero-order chi connectivity index (χ0) is 21.1. The molecule has 2 unspecified atom stereocenters. The minimum atomic E-state index is -0.769. The predicted molar refractivity (Wildman–Crippen MR) is 117 cm³/mol. The zero-order valence-electron chi connectivity index (χ0n) is 16.1. The second-order valence-electron chi connectivity index (χ2n) is 6.98. The largest absolute Gasteiger partial charge is 0.493 e. The van der Waals surface area contributed by atoms with Crippen LogP contribution < -0.4 is 9.47 Å². The molecule has 0 saturated carbocycles. The van der Waals surface area contributed by atoms with Crippen molar-refractivity contribution < 1.29 is 19.4 Å². The molecule has 0 amide bonds. The highest BCUT2D eigenvalue weighted by Crippen LogP contribution is 2.42. The normalized spacial score (nSPS) is 18.3. The molecular weight excluding hydrogens is 481 g/mol. The number of hydrogen-bond acceptors (Lipinski definition) is 4. The van der Waals surface area contributed by atoms with Gasteiger partial charge in [0.05, 0.1) is 36.2 Å². The van der Waals surface area contributed by atoms with E-state index in [0.29, 0.717) is 34.5 Å². The molecule has 0 aliphatic carbocycles. The van der Waals surface area contributed by atoms with Crippen LogP contribution in [-0.4, -0.2) is 43.3 Å². The first-order valence-corrected chi connectivity index (χ1v) is 10.7. The van der Waals surface area contributed by atoms with Gasteiger partial charge in [0.15, 0.2) is 11.5 Å². The van der Waals surface area contributed by atoms with Crippen LogP contribution in [0.1, 0.15) is 30.0 Å². The Hall–Kier alpha value is -1.47. The number of carbonyl (C=O) groups is 1. The SMILES string of the molecule is COc1cc(Br)c(C(c2ccc(Cl)c(Cl)c2)N2CCCC(C(=O)O)C2)cc1OC. The first-order valence-electron chi connectivity index (χ1n) is 9.19. The highest BCUT2D eigenvalue weighted by Gasteiger charge is 2.33. The molecule has 29 heavy (non-hydrogen) atoms. The third-order valence-corrected chi connectivity index (χ3v) is 6.65. The Bertz CT molecular complexity index is 908. The van der Waals surface area contributed by atoms with Crippen molar-refractivity contribution in [3.05, 3.63) is 56.0 Å². The molecule has 0 radical (unpaired) electrons. The van der Waals surface area contributed by atoms with Crippen molar-refractivity contribution in [1.82, 2.24) is 4.90 Å². The number of halogens is 3. The lowest BCUT2D eigenvalue weighted by molar-refractivity contribution is -0.143. The van der Waals surface area contributed by atoms with Crippen LogP contribution in [-0.2, 0) is 4.79 Å². The molecule has 0 bridgehead atoms. The lowest BCUT2D eigenvalue weighted by Gasteiger charge is -2.38. The number of rotatable bonds is 6. The summed E-state index contributed by atoms with van der Waals surface area (Å²) in [5.74, 6) is 0.0301. The lowest BCUT2D eigenvalue weighted by atomic mass is 9.91. The summed E-state index contributed by atoms with van der Waals surface area (Å²) in [6, 6.07) is 9.08. The van der Waals surface area contributed by atoms with E-state index in [1.165, 1.54) is 0 Å². The number of hydrogen-bond donors (Lipinski definition) is 1. The van der Waals surface area contributed by atoms with Crippen molar-refractivity contribution >= 4 is 45.1 Å². The summed E-state index contributed by atoms with van der Waals surface area (Å²) >= 11 is 16.1. The Labute approximate surface area is 188 Å². The van der Waals surface area contributed by atoms with E-state index >= 15 is 0 Å². The van der Waals surface area contributed by atoms with E-state index in [-0.39, 0.29) is 6.04 Å². The molecule has 2 atom stereocenters. The predicted octanol–water partition coefficient (Wildman–Crippen LogP) is 5.66. The van der Waals surface area contributed by atoms with Gasteiger partial charge in [-0.15, -0.1) is 0 Å². The number of piperidine rings is 1. The molecule has 1 aliphatic rings. The monoisotopic (exact) mass is 501 g/mol. The highest BCUT2D eigenvalue weighted by atomic mass is 79.9. The topological polar surface area (TPSA) is 59.0 Å². The molecule has 1 heterocycles. The molecule has 5 nitrogen and oxygen atoms in total. The molecule has 156 valence electrons.